The summed E-state index contributed by atoms with van der Waals surface area (Å²) < 4.78 is 17.5. The molecule has 4 unspecified atom stereocenters. The average molecular weight is 642 g/mol. The number of anilines is 1. The van der Waals surface area contributed by atoms with Gasteiger partial charge in [0, 0.05) is 54.6 Å². The molecule has 1 spiro atoms. The maximum absolute atomic E-state index is 15.9. The van der Waals surface area contributed by atoms with E-state index in [0.717, 1.165) is 20.8 Å². The largest absolute Gasteiger partial charge is 0.477 e. The number of amides is 1. The van der Waals surface area contributed by atoms with E-state index in [4.69, 9.17) is 23.2 Å². The third kappa shape index (κ3) is 5.02. The third-order valence-electron chi connectivity index (χ3n) is 8.40. The number of nitroso groups, excluding NO2 is 1. The number of hydrogen-bond acceptors (Lipinski definition) is 5. The average Bonchev–Trinajstić information content (AvgIpc) is 3.57. The molecule has 3 N–H and O–H groups in total. The molecule has 1 fully saturated rings. The molecule has 1 amide bonds. The maximum atomic E-state index is 15.9. The lowest BCUT2D eigenvalue weighted by Crippen LogP contribution is -2.49. The Morgan fingerprint density at radius 3 is 2.60 bits per heavy atom. The van der Waals surface area contributed by atoms with Gasteiger partial charge >= 0.3 is 5.97 Å². The molecule has 11 heteroatoms. The summed E-state index contributed by atoms with van der Waals surface area (Å²) in [4.78, 5) is 39.7. The molecule has 4 aromatic rings. The molecule has 43 heavy (non-hydrogen) atoms. The van der Waals surface area contributed by atoms with Gasteiger partial charge in [-0.15, -0.1) is 11.3 Å². The lowest BCUT2D eigenvalue weighted by molar-refractivity contribution is -0.467. The predicted molar refractivity (Wildman–Crippen MR) is 168 cm³/mol. The highest BCUT2D eigenvalue weighted by Gasteiger charge is 2.65. The third-order valence-corrected chi connectivity index (χ3v) is 10.0. The van der Waals surface area contributed by atoms with Crippen molar-refractivity contribution in [1.29, 1.82) is 0 Å². The molecule has 0 aliphatic carbocycles. The molecule has 0 radical (unpaired) electrons. The molecule has 222 valence electrons. The Labute approximate surface area is 261 Å². The van der Waals surface area contributed by atoms with Gasteiger partial charge < -0.3 is 15.7 Å². The van der Waals surface area contributed by atoms with Gasteiger partial charge in [-0.1, -0.05) is 62.2 Å². The van der Waals surface area contributed by atoms with Crippen LogP contribution in [0.2, 0.25) is 10.0 Å². The topological polar surface area (TPSA) is 98.5 Å². The molecule has 3 heterocycles. The molecule has 1 aromatic heterocycles. The second-order valence-electron chi connectivity index (χ2n) is 12.4. The molecule has 7 nitrogen and oxygen atoms in total. The molecular weight excluding hydrogens is 612 g/mol. The summed E-state index contributed by atoms with van der Waals surface area (Å²) in [5, 5.41) is 17.0. The number of carboxylic acids is 1. The Kier molecular flexibility index (Phi) is 7.36. The Hall–Kier alpha value is -3.37. The number of carbonyl (C=O) groups is 2. The van der Waals surface area contributed by atoms with Gasteiger partial charge in [0.25, 0.3) is 5.69 Å². The zero-order valence-corrected chi connectivity index (χ0v) is 25.9. The van der Waals surface area contributed by atoms with Crippen molar-refractivity contribution < 1.29 is 23.8 Å². The lowest BCUT2D eigenvalue weighted by atomic mass is 9.62. The number of rotatable bonds is 6. The first kappa shape index (κ1) is 29.7. The van der Waals surface area contributed by atoms with Crippen molar-refractivity contribution in [2.24, 2.45) is 5.41 Å². The number of hydrogen-bond donors (Lipinski definition) is 3. The number of nitrogens with one attached hydrogen (secondary N) is 2. The van der Waals surface area contributed by atoms with Crippen LogP contribution in [0.4, 0.5) is 15.8 Å². The first-order valence-electron chi connectivity index (χ1n) is 13.8. The van der Waals surface area contributed by atoms with E-state index < -0.39 is 35.2 Å². The summed E-state index contributed by atoms with van der Waals surface area (Å²) in [6.45, 7) is 6.10. The fourth-order valence-corrected chi connectivity index (χ4v) is 8.03. The minimum Gasteiger partial charge on any atom is -0.477 e. The van der Waals surface area contributed by atoms with Gasteiger partial charge in [-0.05, 0) is 53.3 Å². The van der Waals surface area contributed by atoms with Crippen LogP contribution in [0.3, 0.4) is 0 Å². The van der Waals surface area contributed by atoms with Crippen molar-refractivity contribution in [3.05, 3.63) is 97.4 Å². The number of thiophene rings is 1. The Morgan fingerprint density at radius 1 is 1.12 bits per heavy atom. The fourth-order valence-electron chi connectivity index (χ4n) is 6.79. The molecule has 1 saturated heterocycles. The summed E-state index contributed by atoms with van der Waals surface area (Å²) in [6.07, 6.45) is 0.551. The van der Waals surface area contributed by atoms with E-state index in [1.807, 2.05) is 6.07 Å². The number of aromatic carboxylic acids is 1. The number of nitrogens with zero attached hydrogens (tertiary/aromatic N) is 1. The second kappa shape index (κ2) is 10.7. The summed E-state index contributed by atoms with van der Waals surface area (Å²) in [5.41, 5.74) is 0.321. The van der Waals surface area contributed by atoms with E-state index in [1.165, 1.54) is 12.1 Å². The minimum absolute atomic E-state index is 0.0727. The van der Waals surface area contributed by atoms with Gasteiger partial charge in [-0.3, -0.25) is 4.79 Å². The molecule has 6 rings (SSSR count). The van der Waals surface area contributed by atoms with Gasteiger partial charge in [0.1, 0.15) is 16.1 Å². The standard InChI is InChI=1S/C32H28Cl2FN3O4S/c1-31(2,3)14-26-32(20-9-7-17(33)13-22(20)37-30(32)41)27(19-5-4-6-21(34)28(19)35)23(36-26)15-38(42)18-8-10-24-16(11-18)12-25(43-24)29(39)40/h4-13,23,26-27,36H,14-15H2,1-3H3,(H-,37,39,40,41)/p+1. The number of carbonyl (C=O) groups excluding carboxylic acids is 1. The van der Waals surface area contributed by atoms with Gasteiger partial charge in [0.15, 0.2) is 0 Å². The van der Waals surface area contributed by atoms with Gasteiger partial charge in [-0.2, -0.15) is 0 Å². The van der Waals surface area contributed by atoms with Gasteiger partial charge in [0.05, 0.1) is 11.1 Å². The van der Waals surface area contributed by atoms with Crippen LogP contribution in [0.5, 0.6) is 0 Å². The second-order valence-corrected chi connectivity index (χ2v) is 14.4. The number of halogens is 3. The van der Waals surface area contributed by atoms with Gasteiger partial charge in [-0.25, -0.2) is 9.18 Å². The van der Waals surface area contributed by atoms with E-state index in [-0.39, 0.29) is 33.3 Å². The van der Waals surface area contributed by atoms with E-state index in [9.17, 15) is 19.6 Å². The summed E-state index contributed by atoms with van der Waals surface area (Å²) in [5.74, 6) is -2.77. The van der Waals surface area contributed by atoms with Crippen molar-refractivity contribution >= 4 is 67.9 Å². The normalized spacial score (nSPS) is 23.1. The quantitative estimate of drug-likeness (QED) is 0.186. The van der Waals surface area contributed by atoms with E-state index in [1.54, 1.807) is 42.5 Å². The Balaban J connectivity index is 1.49. The molecule has 2 aliphatic rings. The highest BCUT2D eigenvalue weighted by Crippen LogP contribution is 2.57. The summed E-state index contributed by atoms with van der Waals surface area (Å²) in [7, 11) is 0. The van der Waals surface area contributed by atoms with Crippen molar-refractivity contribution in [3.63, 3.8) is 0 Å². The zero-order chi connectivity index (χ0) is 30.8. The molecule has 4 atom stereocenters. The summed E-state index contributed by atoms with van der Waals surface area (Å²) in [6, 6.07) is 15.4. The van der Waals surface area contributed by atoms with E-state index in [0.29, 0.717) is 33.8 Å². The van der Waals surface area contributed by atoms with Crippen LogP contribution in [0, 0.1) is 16.1 Å². The van der Waals surface area contributed by atoms with E-state index in [2.05, 4.69) is 31.4 Å². The molecule has 2 aliphatic heterocycles. The van der Waals surface area contributed by atoms with Crippen LogP contribution in [0.15, 0.2) is 60.7 Å². The first-order chi connectivity index (χ1) is 20.3. The number of carboxylic acid groups (broad SMARTS) is 1. The molecule has 3 aromatic carbocycles. The van der Waals surface area contributed by atoms with Crippen molar-refractivity contribution in [1.82, 2.24) is 5.32 Å². The van der Waals surface area contributed by atoms with Crippen LogP contribution < -0.4 is 10.6 Å². The lowest BCUT2D eigenvalue weighted by Gasteiger charge is -2.37. The van der Waals surface area contributed by atoms with Crippen LogP contribution in [-0.4, -0.2) is 40.4 Å². The fraction of sp³-hybridized carbons (Fsp3) is 0.312. The Morgan fingerprint density at radius 2 is 1.88 bits per heavy atom. The van der Waals surface area contributed by atoms with Crippen molar-refractivity contribution in [2.75, 3.05) is 11.9 Å². The van der Waals surface area contributed by atoms with Crippen LogP contribution in [0.25, 0.3) is 10.1 Å². The van der Waals surface area contributed by atoms with Crippen molar-refractivity contribution in [2.45, 2.75) is 50.6 Å². The highest BCUT2D eigenvalue weighted by molar-refractivity contribution is 7.20. The van der Waals surface area contributed by atoms with Crippen LogP contribution in [-0.2, 0) is 10.2 Å². The van der Waals surface area contributed by atoms with E-state index >= 15 is 4.39 Å². The monoisotopic (exact) mass is 640 g/mol. The summed E-state index contributed by atoms with van der Waals surface area (Å²) >= 11 is 13.7. The van der Waals surface area contributed by atoms with Crippen LogP contribution >= 0.6 is 34.5 Å². The number of fused-ring (bicyclic) bond motifs is 3. The molecular formula is C32H29Cl2FN3O4S+. The maximum Gasteiger partial charge on any atom is 0.345 e. The smallest absolute Gasteiger partial charge is 0.345 e. The first-order valence-corrected chi connectivity index (χ1v) is 15.4. The molecule has 0 saturated carbocycles. The SMILES string of the molecule is CC(C)(C)CC1NC(C[N+](=O)c2ccc3sc(C(=O)O)cc3c2)C(c2cccc(Cl)c2F)C12C(=O)Nc1cc(Cl)ccc12. The van der Waals surface area contributed by atoms with Gasteiger partial charge in [0.2, 0.25) is 12.5 Å². The predicted octanol–water partition coefficient (Wildman–Crippen LogP) is 7.91. The number of benzene rings is 3. The Bertz CT molecular complexity index is 1820. The zero-order valence-electron chi connectivity index (χ0n) is 23.6. The minimum atomic E-state index is -1.27. The van der Waals surface area contributed by atoms with Crippen molar-refractivity contribution in [3.8, 4) is 0 Å². The molecule has 0 bridgehead atoms. The van der Waals surface area contributed by atoms with Crippen LogP contribution in [0.1, 0.15) is 53.9 Å². The highest BCUT2D eigenvalue weighted by atomic mass is 35.5.